The van der Waals surface area contributed by atoms with Crippen molar-refractivity contribution in [3.8, 4) is 0 Å². The molecule has 2 aromatic rings. The van der Waals surface area contributed by atoms with Gasteiger partial charge in [0.05, 0.1) is 6.26 Å². The summed E-state index contributed by atoms with van der Waals surface area (Å²) >= 11 is 3.46. The summed E-state index contributed by atoms with van der Waals surface area (Å²) in [4.78, 5) is 4.39. The van der Waals surface area contributed by atoms with E-state index in [-0.39, 0.29) is 6.04 Å². The lowest BCUT2D eigenvalue weighted by molar-refractivity contribution is 0.474. The topological polar surface area (TPSA) is 55.9 Å². The molecule has 2 heterocycles. The van der Waals surface area contributed by atoms with Gasteiger partial charge in [0.1, 0.15) is 12.2 Å². The molecule has 0 aliphatic carbocycles. The molecule has 0 aliphatic rings. The van der Waals surface area contributed by atoms with Crippen LogP contribution in [-0.2, 0) is 13.0 Å². The minimum Gasteiger partial charge on any atom is -0.457 e. The highest BCUT2D eigenvalue weighted by molar-refractivity contribution is 9.10. The lowest BCUT2D eigenvalue weighted by atomic mass is 10.1. The standard InChI is InChI=1S/C14H21BrN4O/c1-3-6-16-12(11-5-8-20-14(11)15)9-13-17-10-18-19(13)7-4-2/h5,8,10,12,16H,3-4,6-7,9H2,1-2H3. The van der Waals surface area contributed by atoms with E-state index in [1.54, 1.807) is 12.6 Å². The number of furan rings is 1. The number of nitrogens with one attached hydrogen (secondary N) is 1. The maximum absolute atomic E-state index is 5.36. The number of hydrogen-bond acceptors (Lipinski definition) is 4. The fourth-order valence-corrected chi connectivity index (χ4v) is 2.71. The van der Waals surface area contributed by atoms with E-state index in [0.29, 0.717) is 0 Å². The van der Waals surface area contributed by atoms with Crippen molar-refractivity contribution in [2.24, 2.45) is 0 Å². The van der Waals surface area contributed by atoms with Gasteiger partial charge in [-0.05, 0) is 41.4 Å². The van der Waals surface area contributed by atoms with Crippen molar-refractivity contribution in [1.82, 2.24) is 20.1 Å². The van der Waals surface area contributed by atoms with Crippen LogP contribution in [0, 0.1) is 0 Å². The molecule has 1 atom stereocenters. The van der Waals surface area contributed by atoms with Gasteiger partial charge >= 0.3 is 0 Å². The molecule has 20 heavy (non-hydrogen) atoms. The zero-order chi connectivity index (χ0) is 14.4. The second-order valence-electron chi connectivity index (χ2n) is 4.76. The van der Waals surface area contributed by atoms with Crippen LogP contribution in [0.15, 0.2) is 27.7 Å². The van der Waals surface area contributed by atoms with Gasteiger partial charge in [0, 0.05) is 24.6 Å². The third kappa shape index (κ3) is 3.70. The summed E-state index contributed by atoms with van der Waals surface area (Å²) in [5.74, 6) is 1.01. The van der Waals surface area contributed by atoms with Gasteiger partial charge in [0.2, 0.25) is 0 Å². The monoisotopic (exact) mass is 340 g/mol. The zero-order valence-electron chi connectivity index (χ0n) is 12.0. The second kappa shape index (κ2) is 7.59. The van der Waals surface area contributed by atoms with Crippen LogP contribution in [-0.4, -0.2) is 21.3 Å². The molecule has 2 rings (SSSR count). The first-order valence-electron chi connectivity index (χ1n) is 7.09. The minimum absolute atomic E-state index is 0.183. The first kappa shape index (κ1) is 15.3. The Morgan fingerprint density at radius 2 is 2.25 bits per heavy atom. The third-order valence-electron chi connectivity index (χ3n) is 3.18. The van der Waals surface area contributed by atoms with Crippen LogP contribution in [0.2, 0.25) is 0 Å². The Hall–Kier alpha value is -1.14. The van der Waals surface area contributed by atoms with Crippen LogP contribution in [0.25, 0.3) is 0 Å². The lowest BCUT2D eigenvalue weighted by Crippen LogP contribution is -2.25. The normalized spacial score (nSPS) is 12.8. The summed E-state index contributed by atoms with van der Waals surface area (Å²) in [7, 11) is 0. The first-order chi connectivity index (χ1) is 9.76. The summed E-state index contributed by atoms with van der Waals surface area (Å²) in [5.41, 5.74) is 1.13. The van der Waals surface area contributed by atoms with Crippen molar-refractivity contribution < 1.29 is 4.42 Å². The quantitative estimate of drug-likeness (QED) is 0.800. The SMILES string of the molecule is CCCNC(Cc1ncnn1CCC)c1ccoc1Br. The van der Waals surface area contributed by atoms with E-state index in [0.717, 1.165) is 48.4 Å². The van der Waals surface area contributed by atoms with Gasteiger partial charge in [-0.3, -0.25) is 4.68 Å². The predicted octanol–water partition coefficient (Wildman–Crippen LogP) is 3.33. The fraction of sp³-hybridized carbons (Fsp3) is 0.571. The summed E-state index contributed by atoms with van der Waals surface area (Å²) in [6.07, 6.45) is 6.29. The first-order valence-corrected chi connectivity index (χ1v) is 7.88. The molecule has 0 saturated carbocycles. The van der Waals surface area contributed by atoms with Crippen molar-refractivity contribution in [2.75, 3.05) is 6.54 Å². The molecule has 0 bridgehead atoms. The van der Waals surface area contributed by atoms with Gasteiger partial charge in [-0.1, -0.05) is 13.8 Å². The van der Waals surface area contributed by atoms with Crippen LogP contribution >= 0.6 is 15.9 Å². The Kier molecular flexibility index (Phi) is 5.79. The molecule has 0 saturated heterocycles. The number of halogens is 1. The van der Waals surface area contributed by atoms with E-state index in [9.17, 15) is 0 Å². The molecular formula is C14H21BrN4O. The van der Waals surface area contributed by atoms with Crippen molar-refractivity contribution in [1.29, 1.82) is 0 Å². The Morgan fingerprint density at radius 1 is 1.40 bits per heavy atom. The van der Waals surface area contributed by atoms with Gasteiger partial charge in [-0.2, -0.15) is 5.10 Å². The van der Waals surface area contributed by atoms with Crippen molar-refractivity contribution in [2.45, 2.75) is 45.7 Å². The summed E-state index contributed by atoms with van der Waals surface area (Å²) in [6.45, 7) is 6.17. The van der Waals surface area contributed by atoms with Gasteiger partial charge in [0.15, 0.2) is 4.67 Å². The van der Waals surface area contributed by atoms with Crippen molar-refractivity contribution >= 4 is 15.9 Å². The largest absolute Gasteiger partial charge is 0.457 e. The van der Waals surface area contributed by atoms with Crippen LogP contribution in [0.5, 0.6) is 0 Å². The van der Waals surface area contributed by atoms with Crippen LogP contribution in [0.3, 0.4) is 0 Å². The molecule has 0 aromatic carbocycles. The molecule has 0 aliphatic heterocycles. The van der Waals surface area contributed by atoms with E-state index in [2.05, 4.69) is 45.2 Å². The Labute approximate surface area is 127 Å². The molecule has 6 heteroatoms. The van der Waals surface area contributed by atoms with Gasteiger partial charge < -0.3 is 9.73 Å². The summed E-state index contributed by atoms with van der Waals surface area (Å²) in [5, 5.41) is 7.83. The highest BCUT2D eigenvalue weighted by Crippen LogP contribution is 2.26. The molecule has 110 valence electrons. The van der Waals surface area contributed by atoms with Crippen LogP contribution < -0.4 is 5.32 Å². The molecule has 0 fully saturated rings. The molecule has 1 unspecified atom stereocenters. The van der Waals surface area contributed by atoms with E-state index in [4.69, 9.17) is 4.42 Å². The lowest BCUT2D eigenvalue weighted by Gasteiger charge is -2.17. The van der Waals surface area contributed by atoms with Gasteiger partial charge in [-0.25, -0.2) is 4.98 Å². The van der Waals surface area contributed by atoms with Crippen molar-refractivity contribution in [3.63, 3.8) is 0 Å². The summed E-state index contributed by atoms with van der Waals surface area (Å²) in [6, 6.07) is 2.18. The number of hydrogen-bond donors (Lipinski definition) is 1. The smallest absolute Gasteiger partial charge is 0.173 e. The average Bonchev–Trinajstić information content (AvgIpc) is 3.04. The van der Waals surface area contributed by atoms with E-state index < -0.39 is 0 Å². The highest BCUT2D eigenvalue weighted by atomic mass is 79.9. The molecular weight excluding hydrogens is 320 g/mol. The van der Waals surface area contributed by atoms with Gasteiger partial charge in [-0.15, -0.1) is 0 Å². The number of nitrogens with zero attached hydrogens (tertiary/aromatic N) is 3. The molecule has 2 aromatic heterocycles. The van der Waals surface area contributed by atoms with Crippen LogP contribution in [0.4, 0.5) is 0 Å². The minimum atomic E-state index is 0.183. The molecule has 0 amide bonds. The Balaban J connectivity index is 2.15. The molecule has 0 spiro atoms. The highest BCUT2D eigenvalue weighted by Gasteiger charge is 2.19. The van der Waals surface area contributed by atoms with Crippen molar-refractivity contribution in [3.05, 3.63) is 34.7 Å². The molecule has 1 N–H and O–H groups in total. The fourth-order valence-electron chi connectivity index (χ4n) is 2.19. The average molecular weight is 341 g/mol. The van der Waals surface area contributed by atoms with Gasteiger partial charge in [0.25, 0.3) is 0 Å². The maximum Gasteiger partial charge on any atom is 0.173 e. The molecule has 5 nitrogen and oxygen atoms in total. The number of rotatable bonds is 8. The third-order valence-corrected chi connectivity index (χ3v) is 3.82. The second-order valence-corrected chi connectivity index (χ2v) is 5.48. The Morgan fingerprint density at radius 3 is 2.90 bits per heavy atom. The maximum atomic E-state index is 5.36. The van der Waals surface area contributed by atoms with E-state index in [1.807, 2.05) is 10.7 Å². The van der Waals surface area contributed by atoms with E-state index >= 15 is 0 Å². The number of aryl methyl sites for hydroxylation is 1. The van der Waals surface area contributed by atoms with E-state index in [1.165, 1.54) is 0 Å². The number of aromatic nitrogens is 3. The van der Waals surface area contributed by atoms with Crippen LogP contribution in [0.1, 0.15) is 44.1 Å². The molecule has 0 radical (unpaired) electrons. The Bertz CT molecular complexity index is 523. The zero-order valence-corrected chi connectivity index (χ0v) is 13.6. The predicted molar refractivity (Wildman–Crippen MR) is 81.5 cm³/mol. The summed E-state index contributed by atoms with van der Waals surface area (Å²) < 4.78 is 8.12.